The number of amides is 2. The molecule has 0 radical (unpaired) electrons. The lowest BCUT2D eigenvalue weighted by atomic mass is 9.99. The second-order valence-corrected chi connectivity index (χ2v) is 7.96. The van der Waals surface area contributed by atoms with Crippen LogP contribution in [0.5, 0.6) is 5.75 Å². The highest BCUT2D eigenvalue weighted by atomic mass is 16.6. The van der Waals surface area contributed by atoms with Crippen molar-refractivity contribution in [2.45, 2.75) is 38.0 Å². The van der Waals surface area contributed by atoms with E-state index in [-0.39, 0.29) is 30.2 Å². The van der Waals surface area contributed by atoms with Gasteiger partial charge in [0.1, 0.15) is 11.9 Å². The average Bonchev–Trinajstić information content (AvgIpc) is 3.37. The van der Waals surface area contributed by atoms with Gasteiger partial charge in [0, 0.05) is 11.6 Å². The van der Waals surface area contributed by atoms with Crippen molar-refractivity contribution in [3.63, 3.8) is 0 Å². The molecule has 2 unspecified atom stereocenters. The van der Waals surface area contributed by atoms with Gasteiger partial charge in [0.15, 0.2) is 0 Å². The molecule has 2 fully saturated rings. The lowest BCUT2D eigenvalue weighted by Crippen LogP contribution is -2.45. The molecule has 2 N–H and O–H groups in total. The quantitative estimate of drug-likeness (QED) is 0.616. The molecule has 2 aliphatic heterocycles. The van der Waals surface area contributed by atoms with Crippen molar-refractivity contribution >= 4 is 17.8 Å². The molecule has 31 heavy (non-hydrogen) atoms. The summed E-state index contributed by atoms with van der Waals surface area (Å²) in [6, 6.07) is 17.2. The first-order chi connectivity index (χ1) is 15.2. The number of benzene rings is 2. The molecule has 2 heterocycles. The molecule has 6 heteroatoms. The number of urea groups is 1. The number of ether oxygens (including phenoxy) is 3. The summed E-state index contributed by atoms with van der Waals surface area (Å²) >= 11 is 0. The largest absolute Gasteiger partial charge is 0.494 e. The highest BCUT2D eigenvalue weighted by molar-refractivity contribution is 5.89. The molecule has 2 amide bonds. The van der Waals surface area contributed by atoms with Gasteiger partial charge < -0.3 is 24.8 Å². The highest BCUT2D eigenvalue weighted by Crippen LogP contribution is 2.32. The van der Waals surface area contributed by atoms with Gasteiger partial charge in [0.2, 0.25) is 0 Å². The summed E-state index contributed by atoms with van der Waals surface area (Å²) in [4.78, 5) is 12.5. The van der Waals surface area contributed by atoms with E-state index in [0.29, 0.717) is 25.5 Å². The van der Waals surface area contributed by atoms with E-state index in [1.54, 1.807) is 0 Å². The Balaban J connectivity index is 1.26. The fourth-order valence-corrected chi connectivity index (χ4v) is 3.92. The van der Waals surface area contributed by atoms with E-state index in [0.717, 1.165) is 24.2 Å². The van der Waals surface area contributed by atoms with Crippen LogP contribution in [-0.2, 0) is 9.47 Å². The Labute approximate surface area is 183 Å². The lowest BCUT2D eigenvalue weighted by molar-refractivity contribution is 0.0662. The first kappa shape index (κ1) is 21.4. The topological polar surface area (TPSA) is 68.8 Å². The van der Waals surface area contributed by atoms with Gasteiger partial charge in [0.25, 0.3) is 0 Å². The predicted octanol–water partition coefficient (Wildman–Crippen LogP) is 4.48. The molecule has 2 aliphatic rings. The standard InChI is InChI=1S/C25H30N2O4/c1-2-3-15-29-21-13-11-20(12-14-21)26-25(28)27-22-17-31-23-19(16-30-24(22)23)10-9-18-7-5-4-6-8-18/h4-14,19,22-24H,2-3,15-17H2,1H3,(H2,26,27,28)/b10-9-/t19-,22+,23?,24?/m1/s1. The van der Waals surface area contributed by atoms with Crippen LogP contribution >= 0.6 is 0 Å². The number of hydrogen-bond acceptors (Lipinski definition) is 4. The monoisotopic (exact) mass is 422 g/mol. The van der Waals surface area contributed by atoms with Crippen LogP contribution in [-0.4, -0.2) is 44.1 Å². The molecule has 0 bridgehead atoms. The zero-order chi connectivity index (χ0) is 21.5. The second-order valence-electron chi connectivity index (χ2n) is 7.96. The first-order valence-corrected chi connectivity index (χ1v) is 11.0. The molecule has 0 aliphatic carbocycles. The van der Waals surface area contributed by atoms with Crippen LogP contribution in [0.1, 0.15) is 25.3 Å². The van der Waals surface area contributed by atoms with Crippen LogP contribution in [0.4, 0.5) is 10.5 Å². The molecule has 2 aromatic carbocycles. The summed E-state index contributed by atoms with van der Waals surface area (Å²) in [5.74, 6) is 0.987. The van der Waals surface area contributed by atoms with Crippen molar-refractivity contribution in [1.82, 2.24) is 5.32 Å². The first-order valence-electron chi connectivity index (χ1n) is 11.0. The highest BCUT2D eigenvalue weighted by Gasteiger charge is 2.47. The number of rotatable bonds is 8. The van der Waals surface area contributed by atoms with Gasteiger partial charge in [-0.3, -0.25) is 0 Å². The Bertz CT molecular complexity index is 869. The Morgan fingerprint density at radius 2 is 1.84 bits per heavy atom. The fourth-order valence-electron chi connectivity index (χ4n) is 3.92. The molecule has 0 spiro atoms. The van der Waals surface area contributed by atoms with Gasteiger partial charge >= 0.3 is 6.03 Å². The summed E-state index contributed by atoms with van der Waals surface area (Å²) < 4.78 is 17.6. The predicted molar refractivity (Wildman–Crippen MR) is 121 cm³/mol. The third-order valence-electron chi connectivity index (χ3n) is 5.62. The maximum atomic E-state index is 12.5. The summed E-state index contributed by atoms with van der Waals surface area (Å²) in [7, 11) is 0. The number of carbonyl (C=O) groups is 1. The molecule has 6 nitrogen and oxygen atoms in total. The van der Waals surface area contributed by atoms with E-state index in [9.17, 15) is 4.79 Å². The summed E-state index contributed by atoms with van der Waals surface area (Å²) in [5.41, 5.74) is 1.87. The van der Waals surface area contributed by atoms with Gasteiger partial charge in [-0.25, -0.2) is 4.79 Å². The van der Waals surface area contributed by atoms with Crippen LogP contribution < -0.4 is 15.4 Å². The van der Waals surface area contributed by atoms with E-state index in [1.807, 2.05) is 42.5 Å². The van der Waals surface area contributed by atoms with E-state index >= 15 is 0 Å². The Kier molecular flexibility index (Phi) is 7.22. The third-order valence-corrected chi connectivity index (χ3v) is 5.62. The SMILES string of the molecule is CCCCOc1ccc(NC(=O)N[C@H]2COC3C2OC[C@H]3/C=C\c2ccccc2)cc1. The van der Waals surface area contributed by atoms with Gasteiger partial charge in [0.05, 0.1) is 32.0 Å². The van der Waals surface area contributed by atoms with Crippen LogP contribution in [0.25, 0.3) is 6.08 Å². The minimum absolute atomic E-state index is 0.0372. The Hall–Kier alpha value is -2.83. The molecule has 4 atom stereocenters. The molecule has 0 aromatic heterocycles. The van der Waals surface area contributed by atoms with E-state index in [1.165, 1.54) is 0 Å². The molecule has 4 rings (SSSR count). The van der Waals surface area contributed by atoms with Crippen LogP contribution in [0, 0.1) is 5.92 Å². The normalized spacial score (nSPS) is 24.8. The lowest BCUT2D eigenvalue weighted by Gasteiger charge is -2.18. The average molecular weight is 423 g/mol. The van der Waals surface area contributed by atoms with Crippen molar-refractivity contribution in [3.8, 4) is 5.75 Å². The van der Waals surface area contributed by atoms with E-state index in [2.05, 4.69) is 41.8 Å². The van der Waals surface area contributed by atoms with Crippen LogP contribution in [0.2, 0.25) is 0 Å². The number of hydrogen-bond donors (Lipinski definition) is 2. The summed E-state index contributed by atoms with van der Waals surface area (Å²) in [5, 5.41) is 5.86. The van der Waals surface area contributed by atoms with Gasteiger partial charge in [-0.15, -0.1) is 0 Å². The minimum Gasteiger partial charge on any atom is -0.494 e. The van der Waals surface area contributed by atoms with Gasteiger partial charge in [-0.05, 0) is 36.2 Å². The van der Waals surface area contributed by atoms with Gasteiger partial charge in [-0.1, -0.05) is 55.8 Å². The Morgan fingerprint density at radius 3 is 2.61 bits per heavy atom. The number of fused-ring (bicyclic) bond motifs is 1. The summed E-state index contributed by atoms with van der Waals surface area (Å²) in [6.45, 7) is 3.88. The number of nitrogens with one attached hydrogen (secondary N) is 2. The van der Waals surface area contributed by atoms with Crippen LogP contribution in [0.15, 0.2) is 60.7 Å². The fraction of sp³-hybridized carbons (Fsp3) is 0.400. The molecule has 0 saturated carbocycles. The maximum Gasteiger partial charge on any atom is 0.319 e. The minimum atomic E-state index is -0.263. The van der Waals surface area contributed by atoms with Crippen molar-refractivity contribution in [2.75, 3.05) is 25.1 Å². The summed E-state index contributed by atoms with van der Waals surface area (Å²) in [6.07, 6.45) is 6.20. The molecular weight excluding hydrogens is 392 g/mol. The molecule has 2 saturated heterocycles. The third kappa shape index (κ3) is 5.66. The second kappa shape index (κ2) is 10.5. The number of anilines is 1. The Morgan fingerprint density at radius 1 is 1.06 bits per heavy atom. The van der Waals surface area contributed by atoms with Gasteiger partial charge in [-0.2, -0.15) is 0 Å². The zero-order valence-electron chi connectivity index (χ0n) is 17.8. The van der Waals surface area contributed by atoms with Crippen molar-refractivity contribution in [1.29, 1.82) is 0 Å². The molecule has 164 valence electrons. The number of carbonyl (C=O) groups excluding carboxylic acids is 1. The molecular formula is C25H30N2O4. The smallest absolute Gasteiger partial charge is 0.319 e. The van der Waals surface area contributed by atoms with Crippen LogP contribution in [0.3, 0.4) is 0 Å². The number of unbranched alkanes of at least 4 members (excludes halogenated alkanes) is 1. The van der Waals surface area contributed by atoms with Crippen molar-refractivity contribution in [2.24, 2.45) is 5.92 Å². The van der Waals surface area contributed by atoms with E-state index in [4.69, 9.17) is 14.2 Å². The zero-order valence-corrected chi connectivity index (χ0v) is 17.8. The van der Waals surface area contributed by atoms with Crippen molar-refractivity contribution in [3.05, 3.63) is 66.2 Å². The maximum absolute atomic E-state index is 12.5. The van der Waals surface area contributed by atoms with E-state index < -0.39 is 0 Å². The van der Waals surface area contributed by atoms with Crippen molar-refractivity contribution < 1.29 is 19.0 Å². The molecule has 2 aromatic rings.